The summed E-state index contributed by atoms with van der Waals surface area (Å²) in [4.78, 5) is 0. The van der Waals surface area contributed by atoms with Crippen LogP contribution in [0.15, 0.2) is 29.4 Å². The summed E-state index contributed by atoms with van der Waals surface area (Å²) in [5.74, 6) is 0. The molecular formula is C10H16N2. The minimum atomic E-state index is 0.709. The SMILES string of the molecule is CCC.Cc1ccc(N=N)cc1. The predicted molar refractivity (Wildman–Crippen MR) is 52.0 cm³/mol. The second-order valence-electron chi connectivity index (χ2n) is 2.65. The van der Waals surface area contributed by atoms with Gasteiger partial charge in [-0.15, -0.1) is 0 Å². The number of benzene rings is 1. The van der Waals surface area contributed by atoms with Gasteiger partial charge in [-0.3, -0.25) is 0 Å². The molecule has 0 aliphatic heterocycles. The van der Waals surface area contributed by atoms with Crippen LogP contribution in [0, 0.1) is 12.5 Å². The van der Waals surface area contributed by atoms with Crippen LogP contribution in [-0.4, -0.2) is 0 Å². The van der Waals surface area contributed by atoms with Crippen molar-refractivity contribution in [3.63, 3.8) is 0 Å². The fourth-order valence-electron chi connectivity index (χ4n) is 0.619. The van der Waals surface area contributed by atoms with Crippen molar-refractivity contribution >= 4 is 5.69 Å². The lowest BCUT2D eigenvalue weighted by molar-refractivity contribution is 1.09. The summed E-state index contributed by atoms with van der Waals surface area (Å²) in [6.07, 6.45) is 1.25. The standard InChI is InChI=1S/C7H8N2.C3H8/c1-6-2-4-7(9-8)5-3-6;1-3-2/h2-5,8H,1H3;3H2,1-2H3. The summed E-state index contributed by atoms with van der Waals surface area (Å²) in [7, 11) is 0. The van der Waals surface area contributed by atoms with Crippen LogP contribution in [0.3, 0.4) is 0 Å². The van der Waals surface area contributed by atoms with E-state index in [0.717, 1.165) is 0 Å². The highest BCUT2D eigenvalue weighted by Crippen LogP contribution is 2.10. The minimum Gasteiger partial charge on any atom is -0.204 e. The van der Waals surface area contributed by atoms with Gasteiger partial charge >= 0.3 is 0 Å². The van der Waals surface area contributed by atoms with Crippen molar-refractivity contribution in [3.8, 4) is 0 Å². The Kier molecular flexibility index (Phi) is 5.88. The molecule has 0 fully saturated rings. The third kappa shape index (κ3) is 4.61. The van der Waals surface area contributed by atoms with Crippen LogP contribution in [0.25, 0.3) is 0 Å². The third-order valence-corrected chi connectivity index (χ3v) is 1.16. The predicted octanol–water partition coefficient (Wildman–Crippen LogP) is 4.07. The van der Waals surface area contributed by atoms with Crippen LogP contribution in [0.4, 0.5) is 5.69 Å². The maximum Gasteiger partial charge on any atom is 0.0850 e. The first-order valence-corrected chi connectivity index (χ1v) is 4.18. The fraction of sp³-hybridized carbons (Fsp3) is 0.400. The van der Waals surface area contributed by atoms with Crippen molar-refractivity contribution in [2.24, 2.45) is 5.11 Å². The first kappa shape index (κ1) is 10.8. The molecule has 2 heteroatoms. The van der Waals surface area contributed by atoms with Crippen LogP contribution < -0.4 is 0 Å². The summed E-state index contributed by atoms with van der Waals surface area (Å²) in [6, 6.07) is 7.52. The Balaban J connectivity index is 0.000000354. The van der Waals surface area contributed by atoms with E-state index >= 15 is 0 Å². The van der Waals surface area contributed by atoms with E-state index in [9.17, 15) is 0 Å². The average Bonchev–Trinajstić information content (AvgIpc) is 2.07. The molecule has 0 saturated heterocycles. The molecule has 0 heterocycles. The van der Waals surface area contributed by atoms with Crippen LogP contribution in [0.2, 0.25) is 0 Å². The zero-order valence-corrected chi connectivity index (χ0v) is 7.96. The Morgan fingerprint density at radius 3 is 1.92 bits per heavy atom. The number of hydrogen-bond donors (Lipinski definition) is 1. The highest BCUT2D eigenvalue weighted by atomic mass is 14.9. The molecule has 0 radical (unpaired) electrons. The van der Waals surface area contributed by atoms with Crippen molar-refractivity contribution in [3.05, 3.63) is 29.8 Å². The summed E-state index contributed by atoms with van der Waals surface area (Å²) in [5.41, 5.74) is 8.54. The number of nitrogens with one attached hydrogen (secondary N) is 1. The Labute approximate surface area is 74.1 Å². The maximum atomic E-state index is 6.64. The molecule has 0 bridgehead atoms. The van der Waals surface area contributed by atoms with E-state index in [1.54, 1.807) is 0 Å². The smallest absolute Gasteiger partial charge is 0.0850 e. The second kappa shape index (κ2) is 6.53. The summed E-state index contributed by atoms with van der Waals surface area (Å²) < 4.78 is 0. The molecular weight excluding hydrogens is 148 g/mol. The van der Waals surface area contributed by atoms with Crippen molar-refractivity contribution in [1.82, 2.24) is 0 Å². The molecule has 0 aliphatic carbocycles. The lowest BCUT2D eigenvalue weighted by atomic mass is 10.2. The van der Waals surface area contributed by atoms with E-state index in [1.807, 2.05) is 31.2 Å². The molecule has 1 aromatic rings. The number of hydrogen-bond acceptors (Lipinski definition) is 2. The first-order valence-electron chi connectivity index (χ1n) is 4.18. The van der Waals surface area contributed by atoms with Crippen LogP contribution in [0.5, 0.6) is 0 Å². The monoisotopic (exact) mass is 164 g/mol. The van der Waals surface area contributed by atoms with Crippen LogP contribution in [-0.2, 0) is 0 Å². The van der Waals surface area contributed by atoms with Gasteiger partial charge in [0, 0.05) is 0 Å². The average molecular weight is 164 g/mol. The lowest BCUT2D eigenvalue weighted by Gasteiger charge is -1.89. The summed E-state index contributed by atoms with van der Waals surface area (Å²) >= 11 is 0. The van der Waals surface area contributed by atoms with Gasteiger partial charge in [0.1, 0.15) is 0 Å². The number of nitrogens with zero attached hydrogens (tertiary/aromatic N) is 1. The minimum absolute atomic E-state index is 0.709. The number of rotatable bonds is 1. The quantitative estimate of drug-likeness (QED) is 0.607. The molecule has 0 saturated carbocycles. The lowest BCUT2D eigenvalue weighted by Crippen LogP contribution is -1.66. The Morgan fingerprint density at radius 2 is 1.58 bits per heavy atom. The molecule has 1 aromatic carbocycles. The summed E-state index contributed by atoms with van der Waals surface area (Å²) in [5, 5.41) is 3.26. The highest BCUT2D eigenvalue weighted by molar-refractivity contribution is 5.37. The van der Waals surface area contributed by atoms with Gasteiger partial charge in [-0.2, -0.15) is 5.11 Å². The molecule has 2 nitrogen and oxygen atoms in total. The van der Waals surface area contributed by atoms with E-state index in [0.29, 0.717) is 5.69 Å². The molecule has 0 unspecified atom stereocenters. The third-order valence-electron chi connectivity index (χ3n) is 1.16. The molecule has 0 spiro atoms. The molecule has 0 aliphatic rings. The van der Waals surface area contributed by atoms with E-state index in [1.165, 1.54) is 12.0 Å². The van der Waals surface area contributed by atoms with Crippen molar-refractivity contribution < 1.29 is 0 Å². The van der Waals surface area contributed by atoms with Crippen molar-refractivity contribution in [2.45, 2.75) is 27.2 Å². The molecule has 0 amide bonds. The summed E-state index contributed by atoms with van der Waals surface area (Å²) in [6.45, 7) is 6.26. The van der Waals surface area contributed by atoms with Gasteiger partial charge in [-0.1, -0.05) is 38.0 Å². The molecule has 0 atom stereocenters. The van der Waals surface area contributed by atoms with Crippen LogP contribution >= 0.6 is 0 Å². The normalized spacial score (nSPS) is 8.25. The Hall–Kier alpha value is -1.18. The highest BCUT2D eigenvalue weighted by Gasteiger charge is 1.84. The largest absolute Gasteiger partial charge is 0.204 e. The molecule has 1 rings (SSSR count). The molecule has 66 valence electrons. The Bertz CT molecular complexity index is 214. The zero-order valence-electron chi connectivity index (χ0n) is 7.96. The van der Waals surface area contributed by atoms with E-state index in [4.69, 9.17) is 5.53 Å². The van der Waals surface area contributed by atoms with Crippen LogP contribution in [0.1, 0.15) is 25.8 Å². The maximum absolute atomic E-state index is 6.64. The molecule has 12 heavy (non-hydrogen) atoms. The number of aryl methyl sites for hydroxylation is 1. The van der Waals surface area contributed by atoms with Gasteiger partial charge in [-0.25, -0.2) is 5.53 Å². The van der Waals surface area contributed by atoms with Gasteiger partial charge in [-0.05, 0) is 19.1 Å². The zero-order chi connectivity index (χ0) is 9.40. The molecule has 1 N–H and O–H groups in total. The topological polar surface area (TPSA) is 36.2 Å². The van der Waals surface area contributed by atoms with Gasteiger partial charge in [0.05, 0.1) is 5.69 Å². The van der Waals surface area contributed by atoms with E-state index in [-0.39, 0.29) is 0 Å². The second-order valence-corrected chi connectivity index (χ2v) is 2.65. The van der Waals surface area contributed by atoms with Crippen molar-refractivity contribution in [1.29, 1.82) is 5.53 Å². The van der Waals surface area contributed by atoms with E-state index in [2.05, 4.69) is 19.0 Å². The van der Waals surface area contributed by atoms with Gasteiger partial charge in [0.2, 0.25) is 0 Å². The fourth-order valence-corrected chi connectivity index (χ4v) is 0.619. The van der Waals surface area contributed by atoms with Crippen molar-refractivity contribution in [2.75, 3.05) is 0 Å². The van der Waals surface area contributed by atoms with E-state index < -0.39 is 0 Å². The Morgan fingerprint density at radius 1 is 1.17 bits per heavy atom. The first-order chi connectivity index (χ1) is 5.74. The van der Waals surface area contributed by atoms with Gasteiger partial charge in [0.25, 0.3) is 0 Å². The molecule has 0 aromatic heterocycles. The van der Waals surface area contributed by atoms with Gasteiger partial charge < -0.3 is 0 Å². The van der Waals surface area contributed by atoms with Gasteiger partial charge in [0.15, 0.2) is 0 Å².